The number of hydrogen-bond donors (Lipinski definition) is 1. The number of thiophene rings is 1. The Bertz CT molecular complexity index is 521. The molecule has 0 fully saturated rings. The maximum atomic E-state index is 10.4. The van der Waals surface area contributed by atoms with Crippen LogP contribution in [0, 0.1) is 0 Å². The van der Waals surface area contributed by atoms with Gasteiger partial charge in [-0.15, -0.1) is 11.3 Å². The zero-order valence-corrected chi connectivity index (χ0v) is 11.6. The first-order valence-electron chi connectivity index (χ1n) is 6.74. The Labute approximate surface area is 117 Å². The van der Waals surface area contributed by atoms with Gasteiger partial charge >= 0.3 is 0 Å². The van der Waals surface area contributed by atoms with Crippen LogP contribution >= 0.6 is 11.3 Å². The highest BCUT2D eigenvalue weighted by molar-refractivity contribution is 7.09. The van der Waals surface area contributed by atoms with Gasteiger partial charge in [0, 0.05) is 4.88 Å². The van der Waals surface area contributed by atoms with Gasteiger partial charge in [0.1, 0.15) is 6.10 Å². The van der Waals surface area contributed by atoms with E-state index in [2.05, 4.69) is 35.7 Å². The second-order valence-corrected chi connectivity index (χ2v) is 5.96. The molecule has 1 N–H and O–H groups in total. The van der Waals surface area contributed by atoms with E-state index in [4.69, 9.17) is 4.74 Å². The van der Waals surface area contributed by atoms with E-state index in [-0.39, 0.29) is 6.10 Å². The fourth-order valence-corrected chi connectivity index (χ4v) is 3.36. The van der Waals surface area contributed by atoms with Crippen LogP contribution in [0.25, 0.3) is 0 Å². The molecule has 1 aromatic carbocycles. The second-order valence-electron chi connectivity index (χ2n) is 4.93. The van der Waals surface area contributed by atoms with Gasteiger partial charge in [0.15, 0.2) is 0 Å². The van der Waals surface area contributed by atoms with E-state index in [1.54, 1.807) is 11.3 Å². The summed E-state index contributed by atoms with van der Waals surface area (Å²) in [6.07, 6.45) is 2.03. The first-order chi connectivity index (χ1) is 9.34. The van der Waals surface area contributed by atoms with Crippen LogP contribution in [0.15, 0.2) is 41.8 Å². The largest absolute Gasteiger partial charge is 0.390 e. The van der Waals surface area contributed by atoms with Gasteiger partial charge in [0.05, 0.1) is 12.7 Å². The number of aliphatic hydroxyl groups excluding tert-OH is 1. The molecule has 0 aliphatic carbocycles. The van der Waals surface area contributed by atoms with Crippen LogP contribution in [-0.2, 0) is 17.6 Å². The van der Waals surface area contributed by atoms with Crippen molar-refractivity contribution >= 4 is 11.3 Å². The Morgan fingerprint density at radius 3 is 3.00 bits per heavy atom. The van der Waals surface area contributed by atoms with E-state index in [9.17, 15) is 5.11 Å². The van der Waals surface area contributed by atoms with Crippen molar-refractivity contribution in [3.8, 4) is 0 Å². The summed E-state index contributed by atoms with van der Waals surface area (Å²) in [6.45, 7) is 0.706. The summed E-state index contributed by atoms with van der Waals surface area (Å²) in [5.41, 5.74) is 2.47. The van der Waals surface area contributed by atoms with E-state index in [1.165, 1.54) is 10.4 Å². The maximum absolute atomic E-state index is 10.4. The lowest BCUT2D eigenvalue weighted by molar-refractivity contribution is -0.0492. The number of rotatable bonds is 4. The molecule has 3 heteroatoms. The molecule has 19 heavy (non-hydrogen) atoms. The molecular formula is C16H18O2S. The molecule has 2 aromatic rings. The lowest BCUT2D eigenvalue weighted by Crippen LogP contribution is -2.27. The summed E-state index contributed by atoms with van der Waals surface area (Å²) in [5, 5.41) is 12.5. The summed E-state index contributed by atoms with van der Waals surface area (Å²) in [4.78, 5) is 1.32. The molecule has 0 amide bonds. The standard InChI is InChI=1S/C16H18O2S/c17-15(8-7-13-5-3-11-19-13)16-14-6-2-1-4-12(14)9-10-18-16/h1-6,11,15-17H,7-10H2. The van der Waals surface area contributed by atoms with Gasteiger partial charge in [-0.2, -0.15) is 0 Å². The molecule has 0 spiro atoms. The summed E-state index contributed by atoms with van der Waals surface area (Å²) >= 11 is 1.75. The molecule has 0 radical (unpaired) electrons. The Morgan fingerprint density at radius 2 is 2.16 bits per heavy atom. The molecule has 2 heterocycles. The molecule has 0 saturated carbocycles. The minimum Gasteiger partial charge on any atom is -0.390 e. The normalized spacial score (nSPS) is 19.9. The van der Waals surface area contributed by atoms with Gasteiger partial charge in [0.25, 0.3) is 0 Å². The molecule has 0 bridgehead atoms. The number of hydrogen-bond acceptors (Lipinski definition) is 3. The average Bonchev–Trinajstić information content (AvgIpc) is 2.97. The SMILES string of the molecule is OC(CCc1cccs1)C1OCCc2ccccc21. The molecular weight excluding hydrogens is 256 g/mol. The minimum atomic E-state index is -0.427. The molecule has 2 atom stereocenters. The van der Waals surface area contributed by atoms with E-state index in [0.717, 1.165) is 24.8 Å². The Kier molecular flexibility index (Phi) is 3.97. The zero-order valence-electron chi connectivity index (χ0n) is 10.8. The molecule has 1 aliphatic heterocycles. The number of fused-ring (bicyclic) bond motifs is 1. The minimum absolute atomic E-state index is 0.162. The fourth-order valence-electron chi connectivity index (χ4n) is 2.64. The second kappa shape index (κ2) is 5.87. The molecule has 2 nitrogen and oxygen atoms in total. The van der Waals surface area contributed by atoms with Gasteiger partial charge < -0.3 is 9.84 Å². The van der Waals surface area contributed by atoms with Crippen LogP contribution in [0.1, 0.15) is 28.5 Å². The van der Waals surface area contributed by atoms with Crippen LogP contribution in [0.3, 0.4) is 0 Å². The molecule has 1 aromatic heterocycles. The average molecular weight is 274 g/mol. The first kappa shape index (κ1) is 12.9. The van der Waals surface area contributed by atoms with E-state index in [0.29, 0.717) is 6.61 Å². The van der Waals surface area contributed by atoms with Crippen molar-refractivity contribution in [1.29, 1.82) is 0 Å². The summed E-state index contributed by atoms with van der Waals surface area (Å²) in [7, 11) is 0. The van der Waals surface area contributed by atoms with Crippen molar-refractivity contribution in [3.05, 3.63) is 57.8 Å². The van der Waals surface area contributed by atoms with Crippen molar-refractivity contribution in [2.24, 2.45) is 0 Å². The van der Waals surface area contributed by atoms with E-state index >= 15 is 0 Å². The van der Waals surface area contributed by atoms with Crippen LogP contribution in [-0.4, -0.2) is 17.8 Å². The van der Waals surface area contributed by atoms with E-state index in [1.807, 2.05) is 6.07 Å². The Morgan fingerprint density at radius 1 is 1.26 bits per heavy atom. The number of aliphatic hydroxyl groups is 1. The summed E-state index contributed by atoms with van der Waals surface area (Å²) in [6, 6.07) is 12.5. The predicted molar refractivity (Wildman–Crippen MR) is 77.5 cm³/mol. The van der Waals surface area contributed by atoms with Crippen molar-refractivity contribution in [3.63, 3.8) is 0 Å². The Balaban J connectivity index is 1.69. The molecule has 0 saturated heterocycles. The first-order valence-corrected chi connectivity index (χ1v) is 7.62. The lowest BCUT2D eigenvalue weighted by atomic mass is 9.93. The molecule has 3 rings (SSSR count). The van der Waals surface area contributed by atoms with Crippen molar-refractivity contribution in [2.75, 3.05) is 6.61 Å². The maximum Gasteiger partial charge on any atom is 0.109 e. The van der Waals surface area contributed by atoms with Crippen molar-refractivity contribution in [1.82, 2.24) is 0 Å². The highest BCUT2D eigenvalue weighted by atomic mass is 32.1. The van der Waals surface area contributed by atoms with E-state index < -0.39 is 6.10 Å². The molecule has 2 unspecified atom stereocenters. The smallest absolute Gasteiger partial charge is 0.109 e. The van der Waals surface area contributed by atoms with Gasteiger partial charge in [-0.05, 0) is 41.8 Å². The van der Waals surface area contributed by atoms with Crippen LogP contribution in [0.2, 0.25) is 0 Å². The van der Waals surface area contributed by atoms with Gasteiger partial charge in [-0.1, -0.05) is 30.3 Å². The molecule has 1 aliphatic rings. The van der Waals surface area contributed by atoms with Crippen LogP contribution in [0.4, 0.5) is 0 Å². The highest BCUT2D eigenvalue weighted by Gasteiger charge is 2.27. The number of ether oxygens (including phenoxy) is 1. The van der Waals surface area contributed by atoms with Gasteiger partial charge in [0.2, 0.25) is 0 Å². The Hall–Kier alpha value is -1.16. The third-order valence-corrected chi connectivity index (χ3v) is 4.58. The predicted octanol–water partition coefficient (Wildman–Crippen LogP) is 3.36. The van der Waals surface area contributed by atoms with Crippen molar-refractivity contribution in [2.45, 2.75) is 31.5 Å². The summed E-state index contributed by atoms with van der Waals surface area (Å²) < 4.78 is 5.79. The summed E-state index contributed by atoms with van der Waals surface area (Å²) in [5.74, 6) is 0. The topological polar surface area (TPSA) is 29.5 Å². The fraction of sp³-hybridized carbons (Fsp3) is 0.375. The number of aryl methyl sites for hydroxylation is 1. The van der Waals surface area contributed by atoms with Gasteiger partial charge in [-0.3, -0.25) is 0 Å². The van der Waals surface area contributed by atoms with Crippen LogP contribution in [0.5, 0.6) is 0 Å². The third kappa shape index (κ3) is 2.89. The lowest BCUT2D eigenvalue weighted by Gasteiger charge is -2.29. The highest BCUT2D eigenvalue weighted by Crippen LogP contribution is 2.31. The van der Waals surface area contributed by atoms with Crippen LogP contribution < -0.4 is 0 Å². The number of benzene rings is 1. The monoisotopic (exact) mass is 274 g/mol. The van der Waals surface area contributed by atoms with Crippen molar-refractivity contribution < 1.29 is 9.84 Å². The third-order valence-electron chi connectivity index (χ3n) is 3.65. The quantitative estimate of drug-likeness (QED) is 0.926. The van der Waals surface area contributed by atoms with Gasteiger partial charge in [-0.25, -0.2) is 0 Å². The molecule has 100 valence electrons. The zero-order chi connectivity index (χ0) is 13.1.